The molecule has 9 heteroatoms. The van der Waals surface area contributed by atoms with Crippen molar-refractivity contribution in [2.24, 2.45) is 5.10 Å². The summed E-state index contributed by atoms with van der Waals surface area (Å²) >= 11 is 0. The summed E-state index contributed by atoms with van der Waals surface area (Å²) < 4.78 is 38.5. The minimum absolute atomic E-state index is 0.0527. The summed E-state index contributed by atoms with van der Waals surface area (Å²) in [6.07, 6.45) is 0. The molecule has 0 aromatic heterocycles. The van der Waals surface area contributed by atoms with Crippen LogP contribution < -0.4 is 19.2 Å². The fourth-order valence-corrected chi connectivity index (χ4v) is 4.62. The molecular formula is C25H27N3O5S. The Kier molecular flexibility index (Phi) is 7.91. The molecule has 0 heterocycles. The maximum absolute atomic E-state index is 13.5. The molecule has 0 radical (unpaired) electrons. The van der Waals surface area contributed by atoms with Crippen LogP contribution in [0.1, 0.15) is 18.1 Å². The van der Waals surface area contributed by atoms with Gasteiger partial charge in [-0.05, 0) is 43.7 Å². The van der Waals surface area contributed by atoms with E-state index in [0.29, 0.717) is 17.2 Å². The van der Waals surface area contributed by atoms with Crippen molar-refractivity contribution in [3.8, 4) is 11.5 Å². The summed E-state index contributed by atoms with van der Waals surface area (Å²) in [6, 6.07) is 20.2. The van der Waals surface area contributed by atoms with Crippen LogP contribution in [-0.2, 0) is 14.8 Å². The number of anilines is 1. The number of aryl methyl sites for hydroxylation is 1. The zero-order valence-corrected chi connectivity index (χ0v) is 20.3. The van der Waals surface area contributed by atoms with Crippen LogP contribution in [0, 0.1) is 6.92 Å². The van der Waals surface area contributed by atoms with E-state index in [-0.39, 0.29) is 10.6 Å². The first-order valence-electron chi connectivity index (χ1n) is 10.5. The molecule has 0 bridgehead atoms. The van der Waals surface area contributed by atoms with Gasteiger partial charge in [-0.15, -0.1) is 0 Å². The molecule has 3 rings (SSSR count). The van der Waals surface area contributed by atoms with Crippen LogP contribution in [0.15, 0.2) is 82.8 Å². The zero-order valence-electron chi connectivity index (χ0n) is 19.5. The third-order valence-electron chi connectivity index (χ3n) is 5.09. The first kappa shape index (κ1) is 24.8. The molecule has 1 amide bonds. The fourth-order valence-electron chi connectivity index (χ4n) is 3.19. The topological polar surface area (TPSA) is 97.3 Å². The Morgan fingerprint density at radius 2 is 1.59 bits per heavy atom. The molecule has 0 atom stereocenters. The van der Waals surface area contributed by atoms with Crippen molar-refractivity contribution in [2.75, 3.05) is 25.1 Å². The summed E-state index contributed by atoms with van der Waals surface area (Å²) in [7, 11) is -1.13. The number of amides is 1. The number of benzene rings is 3. The van der Waals surface area contributed by atoms with Gasteiger partial charge in [-0.25, -0.2) is 13.8 Å². The molecule has 0 aliphatic carbocycles. The van der Waals surface area contributed by atoms with Crippen molar-refractivity contribution in [1.82, 2.24) is 5.43 Å². The van der Waals surface area contributed by atoms with Crippen LogP contribution in [-0.4, -0.2) is 40.8 Å². The van der Waals surface area contributed by atoms with Crippen molar-refractivity contribution in [1.29, 1.82) is 0 Å². The molecule has 0 spiro atoms. The van der Waals surface area contributed by atoms with E-state index in [4.69, 9.17) is 9.47 Å². The van der Waals surface area contributed by atoms with Gasteiger partial charge in [0, 0.05) is 6.07 Å². The van der Waals surface area contributed by atoms with Gasteiger partial charge in [-0.3, -0.25) is 9.10 Å². The second-order valence-corrected chi connectivity index (χ2v) is 9.32. The molecule has 8 nitrogen and oxygen atoms in total. The van der Waals surface area contributed by atoms with E-state index < -0.39 is 22.5 Å². The minimum Gasteiger partial charge on any atom is -0.493 e. The van der Waals surface area contributed by atoms with Crippen LogP contribution in [0.3, 0.4) is 0 Å². The van der Waals surface area contributed by atoms with Gasteiger partial charge in [0.25, 0.3) is 15.9 Å². The van der Waals surface area contributed by atoms with Crippen LogP contribution >= 0.6 is 0 Å². The molecule has 34 heavy (non-hydrogen) atoms. The summed E-state index contributed by atoms with van der Waals surface area (Å²) in [6.45, 7) is 3.25. The maximum Gasteiger partial charge on any atom is 0.264 e. The molecule has 3 aromatic rings. The minimum atomic E-state index is -4.06. The summed E-state index contributed by atoms with van der Waals surface area (Å²) in [5, 5.41) is 4.14. The highest BCUT2D eigenvalue weighted by Crippen LogP contribution is 2.33. The number of hydrogen-bond acceptors (Lipinski definition) is 6. The molecule has 0 aliphatic heterocycles. The van der Waals surface area contributed by atoms with Gasteiger partial charge < -0.3 is 9.47 Å². The summed E-state index contributed by atoms with van der Waals surface area (Å²) in [5.41, 5.74) is 5.25. The van der Waals surface area contributed by atoms with Crippen molar-refractivity contribution >= 4 is 27.3 Å². The first-order chi connectivity index (χ1) is 16.3. The Hall–Kier alpha value is -3.85. The molecule has 1 N–H and O–H groups in total. The molecule has 3 aromatic carbocycles. The van der Waals surface area contributed by atoms with E-state index >= 15 is 0 Å². The van der Waals surface area contributed by atoms with Gasteiger partial charge in [-0.2, -0.15) is 5.10 Å². The Morgan fingerprint density at radius 1 is 0.941 bits per heavy atom. The highest BCUT2D eigenvalue weighted by atomic mass is 32.2. The average molecular weight is 482 g/mol. The average Bonchev–Trinajstić information content (AvgIpc) is 2.86. The predicted molar refractivity (Wildman–Crippen MR) is 132 cm³/mol. The van der Waals surface area contributed by atoms with E-state index in [1.165, 1.54) is 32.4 Å². The van der Waals surface area contributed by atoms with Gasteiger partial charge >= 0.3 is 0 Å². The van der Waals surface area contributed by atoms with Gasteiger partial charge in [0.15, 0.2) is 11.5 Å². The van der Waals surface area contributed by atoms with Crippen LogP contribution in [0.4, 0.5) is 5.69 Å². The highest BCUT2D eigenvalue weighted by molar-refractivity contribution is 7.92. The second kappa shape index (κ2) is 10.8. The van der Waals surface area contributed by atoms with E-state index in [0.717, 1.165) is 15.4 Å². The number of hydrogen-bond donors (Lipinski definition) is 1. The number of rotatable bonds is 9. The zero-order chi connectivity index (χ0) is 24.7. The summed E-state index contributed by atoms with van der Waals surface area (Å²) in [5.74, 6) is 0.175. The highest BCUT2D eigenvalue weighted by Gasteiger charge is 2.28. The number of nitrogens with one attached hydrogen (secondary N) is 1. The lowest BCUT2D eigenvalue weighted by Crippen LogP contribution is -2.39. The lowest BCUT2D eigenvalue weighted by molar-refractivity contribution is -0.119. The first-order valence-corrected chi connectivity index (χ1v) is 11.9. The Morgan fingerprint density at radius 3 is 2.21 bits per heavy atom. The number of nitrogens with zero attached hydrogens (tertiary/aromatic N) is 2. The number of carbonyl (C=O) groups is 1. The SMILES string of the molecule is COc1ccc(N(CC(=O)N/N=C(/C)c2ccc(C)cc2)S(=O)(=O)c2ccccc2)cc1OC. The molecule has 0 saturated carbocycles. The maximum atomic E-state index is 13.5. The molecule has 0 fully saturated rings. The smallest absolute Gasteiger partial charge is 0.264 e. The van der Waals surface area contributed by atoms with Crippen molar-refractivity contribution < 1.29 is 22.7 Å². The van der Waals surface area contributed by atoms with E-state index in [9.17, 15) is 13.2 Å². The van der Waals surface area contributed by atoms with E-state index in [1.54, 1.807) is 37.3 Å². The standard InChI is InChI=1S/C25H27N3O5S/c1-18-10-12-20(13-11-18)19(2)26-27-25(29)17-28(34(30,31)22-8-6-5-7-9-22)21-14-15-23(32-3)24(16-21)33-4/h5-16H,17H2,1-4H3,(H,27,29)/b26-19-. The lowest BCUT2D eigenvalue weighted by Gasteiger charge is -2.24. The Labute approximate surface area is 199 Å². The number of hydrazone groups is 1. The number of ether oxygens (including phenoxy) is 2. The predicted octanol–water partition coefficient (Wildman–Crippen LogP) is 3.75. The largest absolute Gasteiger partial charge is 0.493 e. The molecule has 178 valence electrons. The van der Waals surface area contributed by atoms with Crippen molar-refractivity contribution in [2.45, 2.75) is 18.7 Å². The monoisotopic (exact) mass is 481 g/mol. The van der Waals surface area contributed by atoms with Gasteiger partial charge in [-0.1, -0.05) is 48.0 Å². The van der Waals surface area contributed by atoms with Crippen LogP contribution in [0.25, 0.3) is 0 Å². The third-order valence-corrected chi connectivity index (χ3v) is 6.88. The Balaban J connectivity index is 1.92. The van der Waals surface area contributed by atoms with E-state index in [2.05, 4.69) is 10.5 Å². The quantitative estimate of drug-likeness (QED) is 0.371. The molecule has 0 aliphatic rings. The molecule has 0 saturated heterocycles. The van der Waals surface area contributed by atoms with Gasteiger partial charge in [0.2, 0.25) is 0 Å². The number of carbonyl (C=O) groups excluding carboxylic acids is 1. The number of sulfonamides is 1. The number of methoxy groups -OCH3 is 2. The Bertz CT molecular complexity index is 1270. The second-order valence-electron chi connectivity index (χ2n) is 7.46. The normalized spacial score (nSPS) is 11.6. The van der Waals surface area contributed by atoms with Crippen LogP contribution in [0.2, 0.25) is 0 Å². The van der Waals surface area contributed by atoms with Gasteiger partial charge in [0.05, 0.1) is 30.5 Å². The third kappa shape index (κ3) is 5.74. The van der Waals surface area contributed by atoms with E-state index in [1.807, 2.05) is 31.2 Å². The molecular weight excluding hydrogens is 454 g/mol. The van der Waals surface area contributed by atoms with Crippen molar-refractivity contribution in [3.05, 3.63) is 83.9 Å². The summed E-state index contributed by atoms with van der Waals surface area (Å²) in [4.78, 5) is 12.8. The van der Waals surface area contributed by atoms with Crippen LogP contribution in [0.5, 0.6) is 11.5 Å². The van der Waals surface area contributed by atoms with Gasteiger partial charge in [0.1, 0.15) is 6.54 Å². The molecule has 0 unspecified atom stereocenters. The lowest BCUT2D eigenvalue weighted by atomic mass is 10.1. The van der Waals surface area contributed by atoms with Crippen molar-refractivity contribution in [3.63, 3.8) is 0 Å². The fraction of sp³-hybridized carbons (Fsp3) is 0.200.